The highest BCUT2D eigenvalue weighted by molar-refractivity contribution is 5.93. The van der Waals surface area contributed by atoms with Crippen LogP contribution < -0.4 is 5.32 Å². The molecule has 1 heterocycles. The van der Waals surface area contributed by atoms with E-state index < -0.39 is 5.97 Å². The van der Waals surface area contributed by atoms with Gasteiger partial charge < -0.3 is 15.5 Å². The first kappa shape index (κ1) is 11.9. The number of aromatic carboxylic acids is 1. The molecule has 1 aromatic carbocycles. The fraction of sp³-hybridized carbons (Fsp3) is 0.308. The summed E-state index contributed by atoms with van der Waals surface area (Å²) in [5, 5.41) is 22.3. The van der Waals surface area contributed by atoms with E-state index in [2.05, 4.69) is 15.3 Å². The molecule has 6 heteroatoms. The summed E-state index contributed by atoms with van der Waals surface area (Å²) in [5.41, 5.74) is 0.595. The molecular formula is C13H13N3O3. The number of fused-ring (bicyclic) bond motifs is 1. The second kappa shape index (κ2) is 4.47. The summed E-state index contributed by atoms with van der Waals surface area (Å²) in [6, 6.07) is 7.39. The zero-order valence-electron chi connectivity index (χ0n) is 10.1. The fourth-order valence-electron chi connectivity index (χ4n) is 2.18. The van der Waals surface area contributed by atoms with E-state index in [1.165, 1.54) is 0 Å². The third-order valence-corrected chi connectivity index (χ3v) is 3.25. The molecule has 2 aromatic rings. The number of carboxylic acids is 1. The minimum atomic E-state index is -1.15. The lowest BCUT2D eigenvalue weighted by Gasteiger charge is -2.32. The van der Waals surface area contributed by atoms with Crippen molar-refractivity contribution in [3.05, 3.63) is 30.1 Å². The monoisotopic (exact) mass is 259 g/mol. The largest absolute Gasteiger partial charge is 0.475 e. The third kappa shape index (κ3) is 2.22. The Morgan fingerprint density at radius 3 is 2.68 bits per heavy atom. The highest BCUT2D eigenvalue weighted by Crippen LogP contribution is 2.27. The van der Waals surface area contributed by atoms with E-state index in [1.807, 2.05) is 12.1 Å². The minimum absolute atomic E-state index is 0.134. The maximum Gasteiger partial charge on any atom is 0.374 e. The van der Waals surface area contributed by atoms with Crippen LogP contribution in [0.4, 0.5) is 5.82 Å². The number of hydrogen-bond donors (Lipinski definition) is 3. The number of carbonyl (C=O) groups is 1. The Balaban J connectivity index is 2.02. The SMILES string of the molecule is O=C(O)c1nc(NC2CC(O)C2)c2ccccc2n1. The van der Waals surface area contributed by atoms with E-state index in [1.54, 1.807) is 12.1 Å². The van der Waals surface area contributed by atoms with Gasteiger partial charge in [0, 0.05) is 11.4 Å². The molecular weight excluding hydrogens is 246 g/mol. The smallest absolute Gasteiger partial charge is 0.374 e. The third-order valence-electron chi connectivity index (χ3n) is 3.25. The summed E-state index contributed by atoms with van der Waals surface area (Å²) in [7, 11) is 0. The molecule has 0 radical (unpaired) electrons. The van der Waals surface area contributed by atoms with Crippen LogP contribution in [0, 0.1) is 0 Å². The van der Waals surface area contributed by atoms with Gasteiger partial charge in [0.15, 0.2) is 0 Å². The van der Waals surface area contributed by atoms with Crippen molar-refractivity contribution in [2.75, 3.05) is 5.32 Å². The van der Waals surface area contributed by atoms with E-state index >= 15 is 0 Å². The predicted molar refractivity (Wildman–Crippen MR) is 69.1 cm³/mol. The summed E-state index contributed by atoms with van der Waals surface area (Å²) in [6.45, 7) is 0. The first-order valence-corrected chi connectivity index (χ1v) is 6.08. The molecule has 0 saturated heterocycles. The summed E-state index contributed by atoms with van der Waals surface area (Å²) in [6.07, 6.45) is 1.03. The van der Waals surface area contributed by atoms with Gasteiger partial charge in [0.05, 0.1) is 11.6 Å². The summed E-state index contributed by atoms with van der Waals surface area (Å²) in [4.78, 5) is 19.1. The molecule has 0 aliphatic heterocycles. The molecule has 1 aliphatic carbocycles. The van der Waals surface area contributed by atoms with Crippen LogP contribution in [0.1, 0.15) is 23.5 Å². The summed E-state index contributed by atoms with van der Waals surface area (Å²) < 4.78 is 0. The van der Waals surface area contributed by atoms with Crippen LogP contribution in [-0.2, 0) is 0 Å². The van der Waals surface area contributed by atoms with Crippen molar-refractivity contribution < 1.29 is 15.0 Å². The second-order valence-electron chi connectivity index (χ2n) is 4.68. The first-order chi connectivity index (χ1) is 9.13. The van der Waals surface area contributed by atoms with Crippen LogP contribution in [-0.4, -0.2) is 38.3 Å². The molecule has 0 amide bonds. The van der Waals surface area contributed by atoms with Gasteiger partial charge in [0.25, 0.3) is 0 Å². The topological polar surface area (TPSA) is 95.3 Å². The number of aromatic nitrogens is 2. The van der Waals surface area contributed by atoms with Crippen molar-refractivity contribution in [2.24, 2.45) is 0 Å². The molecule has 98 valence electrons. The normalized spacial score (nSPS) is 21.9. The Labute approximate surface area is 109 Å². The van der Waals surface area contributed by atoms with Crippen molar-refractivity contribution in [3.8, 4) is 0 Å². The Hall–Kier alpha value is -2.21. The molecule has 3 rings (SSSR count). The molecule has 0 bridgehead atoms. The van der Waals surface area contributed by atoms with E-state index in [9.17, 15) is 9.90 Å². The van der Waals surface area contributed by atoms with Gasteiger partial charge in [-0.1, -0.05) is 12.1 Å². The number of anilines is 1. The minimum Gasteiger partial charge on any atom is -0.475 e. The van der Waals surface area contributed by atoms with Crippen LogP contribution in [0.25, 0.3) is 10.9 Å². The van der Waals surface area contributed by atoms with Crippen LogP contribution in [0.15, 0.2) is 24.3 Å². The first-order valence-electron chi connectivity index (χ1n) is 6.08. The molecule has 0 atom stereocenters. The van der Waals surface area contributed by atoms with E-state index in [0.717, 1.165) is 5.39 Å². The van der Waals surface area contributed by atoms with Gasteiger partial charge in [0.1, 0.15) is 5.82 Å². The lowest BCUT2D eigenvalue weighted by molar-refractivity contribution is 0.0683. The summed E-state index contributed by atoms with van der Waals surface area (Å²) >= 11 is 0. The Morgan fingerprint density at radius 2 is 2.00 bits per heavy atom. The van der Waals surface area contributed by atoms with Gasteiger partial charge >= 0.3 is 5.97 Å². The Bertz CT molecular complexity index is 638. The van der Waals surface area contributed by atoms with Crippen molar-refractivity contribution in [2.45, 2.75) is 25.0 Å². The standard InChI is InChI=1S/C13H13N3O3/c17-8-5-7(6-8)14-11-9-3-1-2-4-10(9)15-12(16-11)13(18)19/h1-4,7-8,17H,5-6H2,(H,18,19)(H,14,15,16). The molecule has 6 nitrogen and oxygen atoms in total. The van der Waals surface area contributed by atoms with Crippen molar-refractivity contribution in [1.82, 2.24) is 9.97 Å². The highest BCUT2D eigenvalue weighted by atomic mass is 16.4. The van der Waals surface area contributed by atoms with Gasteiger partial charge in [-0.25, -0.2) is 14.8 Å². The lowest BCUT2D eigenvalue weighted by Crippen LogP contribution is -2.39. The Morgan fingerprint density at radius 1 is 1.26 bits per heavy atom. The average molecular weight is 259 g/mol. The van der Waals surface area contributed by atoms with Crippen molar-refractivity contribution in [3.63, 3.8) is 0 Å². The van der Waals surface area contributed by atoms with Crippen LogP contribution in [0.2, 0.25) is 0 Å². The number of para-hydroxylation sites is 1. The fourth-order valence-corrected chi connectivity index (χ4v) is 2.18. The molecule has 3 N–H and O–H groups in total. The van der Waals surface area contributed by atoms with Gasteiger partial charge in [-0.05, 0) is 25.0 Å². The number of aliphatic hydroxyl groups is 1. The number of rotatable bonds is 3. The van der Waals surface area contributed by atoms with Gasteiger partial charge in [-0.2, -0.15) is 0 Å². The quantitative estimate of drug-likeness (QED) is 0.768. The Kier molecular flexibility index (Phi) is 2.79. The maximum absolute atomic E-state index is 11.0. The van der Waals surface area contributed by atoms with Gasteiger partial charge in [-0.3, -0.25) is 0 Å². The molecule has 1 aliphatic rings. The molecule has 0 spiro atoms. The summed E-state index contributed by atoms with van der Waals surface area (Å²) in [5.74, 6) is -0.858. The van der Waals surface area contributed by atoms with Crippen LogP contribution in [0.3, 0.4) is 0 Å². The molecule has 19 heavy (non-hydrogen) atoms. The molecule has 1 saturated carbocycles. The lowest BCUT2D eigenvalue weighted by atomic mass is 9.89. The van der Waals surface area contributed by atoms with E-state index in [-0.39, 0.29) is 18.0 Å². The maximum atomic E-state index is 11.0. The zero-order chi connectivity index (χ0) is 13.4. The van der Waals surface area contributed by atoms with E-state index in [4.69, 9.17) is 5.11 Å². The highest BCUT2D eigenvalue weighted by Gasteiger charge is 2.28. The molecule has 1 aromatic heterocycles. The van der Waals surface area contributed by atoms with E-state index in [0.29, 0.717) is 24.2 Å². The number of nitrogens with zero attached hydrogens (tertiary/aromatic N) is 2. The molecule has 0 unspecified atom stereocenters. The number of carboxylic acid groups (broad SMARTS) is 1. The average Bonchev–Trinajstić information content (AvgIpc) is 2.36. The zero-order valence-corrected chi connectivity index (χ0v) is 10.1. The second-order valence-corrected chi connectivity index (χ2v) is 4.68. The van der Waals surface area contributed by atoms with Crippen LogP contribution in [0.5, 0.6) is 0 Å². The molecule has 1 fully saturated rings. The van der Waals surface area contributed by atoms with Crippen LogP contribution >= 0.6 is 0 Å². The van der Waals surface area contributed by atoms with Crippen molar-refractivity contribution >= 4 is 22.7 Å². The number of nitrogens with one attached hydrogen (secondary N) is 1. The van der Waals surface area contributed by atoms with Gasteiger partial charge in [-0.15, -0.1) is 0 Å². The predicted octanol–water partition coefficient (Wildman–Crippen LogP) is 1.26. The van der Waals surface area contributed by atoms with Crippen molar-refractivity contribution in [1.29, 1.82) is 0 Å². The number of benzene rings is 1. The van der Waals surface area contributed by atoms with Gasteiger partial charge in [0.2, 0.25) is 5.82 Å². The number of hydrogen-bond acceptors (Lipinski definition) is 5. The number of aliphatic hydroxyl groups excluding tert-OH is 1.